The summed E-state index contributed by atoms with van der Waals surface area (Å²) < 4.78 is 0. The molecule has 5 N–H and O–H groups in total. The zero-order valence-corrected chi connectivity index (χ0v) is 11.7. The van der Waals surface area contributed by atoms with Gasteiger partial charge in [0.15, 0.2) is 0 Å². The van der Waals surface area contributed by atoms with Gasteiger partial charge in [-0.15, -0.1) is 11.3 Å². The Morgan fingerprint density at radius 2 is 2.19 bits per heavy atom. The molecule has 0 unspecified atom stereocenters. The van der Waals surface area contributed by atoms with E-state index < -0.39 is 17.2 Å². The van der Waals surface area contributed by atoms with Crippen LogP contribution in [0.1, 0.15) is 20.9 Å². The van der Waals surface area contributed by atoms with Crippen molar-refractivity contribution in [2.75, 3.05) is 6.54 Å². The maximum atomic E-state index is 11.9. The van der Waals surface area contributed by atoms with Crippen molar-refractivity contribution in [3.05, 3.63) is 54.5 Å². The van der Waals surface area contributed by atoms with Gasteiger partial charge < -0.3 is 16.0 Å². The van der Waals surface area contributed by atoms with Gasteiger partial charge in [-0.1, -0.05) is 11.8 Å². The van der Waals surface area contributed by atoms with Crippen LogP contribution in [0.4, 0.5) is 0 Å². The SMILES string of the molecule is NCC#Cc1ccsc1CNC(=O)c1cc(=O)[nH]c(=O)[nH]1. The zero-order valence-electron chi connectivity index (χ0n) is 10.9. The molecule has 0 radical (unpaired) electrons. The summed E-state index contributed by atoms with van der Waals surface area (Å²) in [4.78, 5) is 39.3. The summed E-state index contributed by atoms with van der Waals surface area (Å²) in [5.74, 6) is 5.11. The van der Waals surface area contributed by atoms with Crippen LogP contribution in [0, 0.1) is 11.8 Å². The van der Waals surface area contributed by atoms with Crippen LogP contribution in [0.2, 0.25) is 0 Å². The Kier molecular flexibility index (Phi) is 4.71. The minimum absolute atomic E-state index is 0.0881. The van der Waals surface area contributed by atoms with Gasteiger partial charge in [0.05, 0.1) is 13.1 Å². The highest BCUT2D eigenvalue weighted by Gasteiger charge is 2.09. The van der Waals surface area contributed by atoms with Gasteiger partial charge >= 0.3 is 5.69 Å². The number of carbonyl (C=O) groups excluding carboxylic acids is 1. The highest BCUT2D eigenvalue weighted by Crippen LogP contribution is 2.15. The molecule has 0 aliphatic heterocycles. The van der Waals surface area contributed by atoms with E-state index in [0.29, 0.717) is 0 Å². The molecule has 108 valence electrons. The molecule has 2 aromatic heterocycles. The fraction of sp³-hybridized carbons (Fsp3) is 0.154. The molecule has 0 saturated carbocycles. The van der Waals surface area contributed by atoms with Crippen LogP contribution in [0.25, 0.3) is 0 Å². The maximum absolute atomic E-state index is 11.9. The smallest absolute Gasteiger partial charge is 0.326 e. The molecule has 0 fully saturated rings. The first kappa shape index (κ1) is 14.8. The number of aromatic nitrogens is 2. The van der Waals surface area contributed by atoms with Gasteiger partial charge in [0.25, 0.3) is 11.5 Å². The molecule has 0 aliphatic carbocycles. The molecule has 7 nitrogen and oxygen atoms in total. The van der Waals surface area contributed by atoms with Crippen LogP contribution in [-0.2, 0) is 6.54 Å². The number of rotatable bonds is 3. The summed E-state index contributed by atoms with van der Waals surface area (Å²) in [6, 6.07) is 2.87. The summed E-state index contributed by atoms with van der Waals surface area (Å²) in [5.41, 5.74) is 4.67. The van der Waals surface area contributed by atoms with Crippen molar-refractivity contribution in [1.29, 1.82) is 0 Å². The second-order valence-electron chi connectivity index (χ2n) is 3.95. The van der Waals surface area contributed by atoms with Gasteiger partial charge in [-0.05, 0) is 11.4 Å². The van der Waals surface area contributed by atoms with E-state index in [1.54, 1.807) is 0 Å². The molecule has 8 heteroatoms. The lowest BCUT2D eigenvalue weighted by molar-refractivity contribution is 0.0945. The average Bonchev–Trinajstić information content (AvgIpc) is 2.88. The highest BCUT2D eigenvalue weighted by molar-refractivity contribution is 7.10. The molecule has 2 aromatic rings. The van der Waals surface area contributed by atoms with E-state index >= 15 is 0 Å². The summed E-state index contributed by atoms with van der Waals surface area (Å²) in [5, 5.41) is 4.48. The van der Waals surface area contributed by atoms with E-state index in [-0.39, 0.29) is 18.8 Å². The van der Waals surface area contributed by atoms with Crippen LogP contribution < -0.4 is 22.3 Å². The van der Waals surface area contributed by atoms with E-state index in [4.69, 9.17) is 5.73 Å². The number of hydrogen-bond donors (Lipinski definition) is 4. The van der Waals surface area contributed by atoms with Gasteiger partial charge in [-0.25, -0.2) is 4.79 Å². The van der Waals surface area contributed by atoms with E-state index in [1.165, 1.54) is 11.3 Å². The molecule has 0 atom stereocenters. The van der Waals surface area contributed by atoms with Crippen molar-refractivity contribution >= 4 is 17.2 Å². The Labute approximate surface area is 123 Å². The Bertz CT molecular complexity index is 794. The molecule has 0 aliphatic rings. The van der Waals surface area contributed by atoms with Crippen molar-refractivity contribution in [3.8, 4) is 11.8 Å². The third kappa shape index (κ3) is 3.92. The van der Waals surface area contributed by atoms with Crippen molar-refractivity contribution in [1.82, 2.24) is 15.3 Å². The third-order valence-corrected chi connectivity index (χ3v) is 3.41. The van der Waals surface area contributed by atoms with Crippen molar-refractivity contribution in [3.63, 3.8) is 0 Å². The first-order valence-corrected chi connectivity index (χ1v) is 6.85. The van der Waals surface area contributed by atoms with Crippen LogP contribution in [-0.4, -0.2) is 22.4 Å². The van der Waals surface area contributed by atoms with Crippen molar-refractivity contribution < 1.29 is 4.79 Å². The first-order valence-electron chi connectivity index (χ1n) is 5.97. The second kappa shape index (κ2) is 6.69. The molecule has 1 amide bonds. The van der Waals surface area contributed by atoms with Crippen LogP contribution in [0.5, 0.6) is 0 Å². The standard InChI is InChI=1S/C13H12N4O3S/c14-4-1-2-8-3-5-21-10(8)7-15-12(19)9-6-11(18)17-13(20)16-9/h3,5-6H,4,7,14H2,(H,15,19)(H2,16,17,18,20). The molecule has 0 aromatic carbocycles. The van der Waals surface area contributed by atoms with Gasteiger partial charge in [-0.3, -0.25) is 14.6 Å². The topological polar surface area (TPSA) is 121 Å². The normalized spacial score (nSPS) is 9.76. The number of nitrogens with one attached hydrogen (secondary N) is 3. The van der Waals surface area contributed by atoms with Crippen LogP contribution in [0.3, 0.4) is 0 Å². The quantitative estimate of drug-likeness (QED) is 0.564. The second-order valence-corrected chi connectivity index (χ2v) is 4.95. The molecule has 0 spiro atoms. The number of amides is 1. The molecule has 2 rings (SSSR count). The van der Waals surface area contributed by atoms with Gasteiger partial charge in [0, 0.05) is 16.5 Å². The molecule has 0 saturated heterocycles. The molecular weight excluding hydrogens is 292 g/mol. The largest absolute Gasteiger partial charge is 0.346 e. The number of nitrogens with two attached hydrogens (primary N) is 1. The van der Waals surface area contributed by atoms with E-state index in [9.17, 15) is 14.4 Å². The Morgan fingerprint density at radius 1 is 1.38 bits per heavy atom. The summed E-state index contributed by atoms with van der Waals surface area (Å²) >= 11 is 1.45. The fourth-order valence-electron chi connectivity index (χ4n) is 1.58. The lowest BCUT2D eigenvalue weighted by atomic mass is 10.2. The number of thiophene rings is 1. The zero-order chi connectivity index (χ0) is 15.2. The Balaban J connectivity index is 2.09. The van der Waals surface area contributed by atoms with Gasteiger partial charge in [-0.2, -0.15) is 0 Å². The van der Waals surface area contributed by atoms with Gasteiger partial charge in [0.1, 0.15) is 5.69 Å². The molecular formula is C13H12N4O3S. The third-order valence-electron chi connectivity index (χ3n) is 2.49. The van der Waals surface area contributed by atoms with Crippen LogP contribution >= 0.6 is 11.3 Å². The predicted octanol–water partition coefficient (Wildman–Crippen LogP) is -0.635. The Morgan fingerprint density at radius 3 is 2.90 bits per heavy atom. The number of carbonyl (C=O) groups is 1. The average molecular weight is 304 g/mol. The van der Waals surface area contributed by atoms with Crippen LogP contribution in [0.15, 0.2) is 27.1 Å². The molecule has 21 heavy (non-hydrogen) atoms. The number of hydrogen-bond acceptors (Lipinski definition) is 5. The summed E-state index contributed by atoms with van der Waals surface area (Å²) in [7, 11) is 0. The molecule has 0 bridgehead atoms. The first-order chi connectivity index (χ1) is 10.1. The lowest BCUT2D eigenvalue weighted by Crippen LogP contribution is -2.30. The van der Waals surface area contributed by atoms with Gasteiger partial charge in [0.2, 0.25) is 0 Å². The summed E-state index contributed by atoms with van der Waals surface area (Å²) in [6.07, 6.45) is 0. The number of H-pyrrole nitrogens is 2. The minimum Gasteiger partial charge on any atom is -0.346 e. The number of aromatic amines is 2. The van der Waals surface area contributed by atoms with Crippen molar-refractivity contribution in [2.45, 2.75) is 6.54 Å². The highest BCUT2D eigenvalue weighted by atomic mass is 32.1. The minimum atomic E-state index is -0.724. The predicted molar refractivity (Wildman–Crippen MR) is 79.1 cm³/mol. The monoisotopic (exact) mass is 304 g/mol. The Hall–Kier alpha value is -2.63. The van der Waals surface area contributed by atoms with E-state index in [2.05, 4.69) is 22.1 Å². The van der Waals surface area contributed by atoms with Crippen molar-refractivity contribution in [2.24, 2.45) is 5.73 Å². The fourth-order valence-corrected chi connectivity index (χ4v) is 2.35. The lowest BCUT2D eigenvalue weighted by Gasteiger charge is -2.03. The van der Waals surface area contributed by atoms with E-state index in [0.717, 1.165) is 16.5 Å². The molecule has 2 heterocycles. The maximum Gasteiger partial charge on any atom is 0.326 e. The van der Waals surface area contributed by atoms with E-state index in [1.807, 2.05) is 16.4 Å². The summed E-state index contributed by atoms with van der Waals surface area (Å²) in [6.45, 7) is 0.510.